The Hall–Kier alpha value is -0.710. The minimum absolute atomic E-state index is 0.0322. The Morgan fingerprint density at radius 2 is 2.29 bits per heavy atom. The van der Waals surface area contributed by atoms with Gasteiger partial charge in [-0.1, -0.05) is 0 Å². The molecule has 2 N–H and O–H groups in total. The number of rotatable bonds is 2. The highest BCUT2D eigenvalue weighted by Crippen LogP contribution is 2.38. The van der Waals surface area contributed by atoms with Crippen molar-refractivity contribution in [3.8, 4) is 5.75 Å². The van der Waals surface area contributed by atoms with Crippen molar-refractivity contribution in [2.75, 3.05) is 6.26 Å². The Morgan fingerprint density at radius 3 is 2.93 bits per heavy atom. The Bertz CT molecular complexity index is 462. The number of thioether (sulfide) groups is 1. The molecule has 14 heavy (non-hydrogen) atoms. The predicted molar refractivity (Wildman–Crippen MR) is 61.2 cm³/mol. The molecule has 2 rings (SSSR count). The molecule has 2 aromatic rings. The lowest BCUT2D eigenvalue weighted by molar-refractivity contribution is 0.278. The third-order valence-corrected chi connectivity index (χ3v) is 3.95. The van der Waals surface area contributed by atoms with Crippen molar-refractivity contribution in [3.63, 3.8) is 0 Å². The third-order valence-electron chi connectivity index (χ3n) is 2.12. The molecule has 0 saturated heterocycles. The van der Waals surface area contributed by atoms with Crippen LogP contribution in [0.5, 0.6) is 5.75 Å². The van der Waals surface area contributed by atoms with Crippen molar-refractivity contribution < 1.29 is 10.2 Å². The quantitative estimate of drug-likeness (QED) is 0.774. The second-order valence-corrected chi connectivity index (χ2v) is 4.64. The summed E-state index contributed by atoms with van der Waals surface area (Å²) < 4.78 is 0.895. The SMILES string of the molecule is CSc1c(CO)cc(O)c2sccc12. The number of hydrogen-bond donors (Lipinski definition) is 2. The molecule has 2 nitrogen and oxygen atoms in total. The Morgan fingerprint density at radius 1 is 1.50 bits per heavy atom. The van der Waals surface area contributed by atoms with Gasteiger partial charge in [0.2, 0.25) is 0 Å². The van der Waals surface area contributed by atoms with Crippen LogP contribution >= 0.6 is 23.1 Å². The average Bonchev–Trinajstić information content (AvgIpc) is 2.66. The maximum Gasteiger partial charge on any atom is 0.133 e. The van der Waals surface area contributed by atoms with Crippen molar-refractivity contribution in [2.45, 2.75) is 11.5 Å². The van der Waals surface area contributed by atoms with E-state index < -0.39 is 0 Å². The number of aliphatic hydroxyl groups excluding tert-OH is 1. The van der Waals surface area contributed by atoms with Crippen LogP contribution in [0.4, 0.5) is 0 Å². The van der Waals surface area contributed by atoms with E-state index in [0.717, 1.165) is 20.5 Å². The van der Waals surface area contributed by atoms with Gasteiger partial charge in [-0.05, 0) is 29.3 Å². The van der Waals surface area contributed by atoms with Gasteiger partial charge >= 0.3 is 0 Å². The largest absolute Gasteiger partial charge is 0.506 e. The summed E-state index contributed by atoms with van der Waals surface area (Å²) >= 11 is 3.12. The molecule has 1 aromatic carbocycles. The number of phenolic OH excluding ortho intramolecular Hbond substituents is 1. The van der Waals surface area contributed by atoms with Crippen LogP contribution in [-0.2, 0) is 6.61 Å². The van der Waals surface area contributed by atoms with Crippen molar-refractivity contribution >= 4 is 33.2 Å². The molecule has 1 aromatic heterocycles. The molecule has 0 atom stereocenters. The molecule has 0 saturated carbocycles. The third kappa shape index (κ3) is 1.39. The molecule has 74 valence electrons. The van der Waals surface area contributed by atoms with Crippen LogP contribution in [0, 0.1) is 0 Å². The van der Waals surface area contributed by atoms with E-state index in [1.54, 1.807) is 17.8 Å². The highest BCUT2D eigenvalue weighted by atomic mass is 32.2. The summed E-state index contributed by atoms with van der Waals surface area (Å²) in [5.74, 6) is 0.261. The van der Waals surface area contributed by atoms with Crippen molar-refractivity contribution in [2.24, 2.45) is 0 Å². The zero-order valence-corrected chi connectivity index (χ0v) is 9.28. The molecule has 0 bridgehead atoms. The average molecular weight is 226 g/mol. The van der Waals surface area contributed by atoms with E-state index in [1.165, 1.54) is 11.3 Å². The molecular formula is C10H10O2S2. The predicted octanol–water partition coefficient (Wildman–Crippen LogP) is 2.82. The molecule has 0 aliphatic carbocycles. The summed E-state index contributed by atoms with van der Waals surface area (Å²) in [6.07, 6.45) is 1.97. The molecule has 0 amide bonds. The van der Waals surface area contributed by atoms with E-state index in [4.69, 9.17) is 5.11 Å². The molecule has 0 fully saturated rings. The number of aliphatic hydroxyl groups is 1. The first-order valence-corrected chi connectivity index (χ1v) is 6.25. The van der Waals surface area contributed by atoms with E-state index in [2.05, 4.69) is 0 Å². The molecular weight excluding hydrogens is 216 g/mol. The number of thiophene rings is 1. The van der Waals surface area contributed by atoms with Gasteiger partial charge in [0, 0.05) is 10.3 Å². The summed E-state index contributed by atoms with van der Waals surface area (Å²) in [7, 11) is 0. The molecule has 1 heterocycles. The van der Waals surface area contributed by atoms with Crippen molar-refractivity contribution in [3.05, 3.63) is 23.1 Å². The lowest BCUT2D eigenvalue weighted by Gasteiger charge is -2.07. The minimum Gasteiger partial charge on any atom is -0.506 e. The topological polar surface area (TPSA) is 40.5 Å². The fourth-order valence-corrected chi connectivity index (χ4v) is 3.17. The zero-order chi connectivity index (χ0) is 10.1. The molecule has 0 aliphatic heterocycles. The van der Waals surface area contributed by atoms with Crippen LogP contribution in [0.25, 0.3) is 10.1 Å². The monoisotopic (exact) mass is 226 g/mol. The summed E-state index contributed by atoms with van der Waals surface area (Å²) in [5, 5.41) is 21.8. The Kier molecular flexibility index (Phi) is 2.67. The first-order valence-electron chi connectivity index (χ1n) is 4.14. The first-order chi connectivity index (χ1) is 6.77. The summed E-state index contributed by atoms with van der Waals surface area (Å²) in [6.45, 7) is -0.0322. The normalized spacial score (nSPS) is 11.0. The van der Waals surface area contributed by atoms with Crippen LogP contribution in [0.2, 0.25) is 0 Å². The van der Waals surface area contributed by atoms with Gasteiger partial charge in [0.25, 0.3) is 0 Å². The molecule has 0 radical (unpaired) electrons. The van der Waals surface area contributed by atoms with E-state index in [0.29, 0.717) is 0 Å². The van der Waals surface area contributed by atoms with Gasteiger partial charge in [0.05, 0.1) is 11.3 Å². The van der Waals surface area contributed by atoms with Gasteiger partial charge < -0.3 is 10.2 Å². The zero-order valence-electron chi connectivity index (χ0n) is 7.65. The van der Waals surface area contributed by atoms with Gasteiger partial charge in [-0.15, -0.1) is 23.1 Å². The fourth-order valence-electron chi connectivity index (χ4n) is 1.51. The maximum atomic E-state index is 9.68. The minimum atomic E-state index is -0.0322. The van der Waals surface area contributed by atoms with Crippen LogP contribution < -0.4 is 0 Å². The van der Waals surface area contributed by atoms with Crippen molar-refractivity contribution in [1.29, 1.82) is 0 Å². The smallest absolute Gasteiger partial charge is 0.133 e. The summed E-state index contributed by atoms with van der Waals surface area (Å²) in [5.41, 5.74) is 0.793. The molecule has 4 heteroatoms. The van der Waals surface area contributed by atoms with Crippen LogP contribution in [0.1, 0.15) is 5.56 Å². The molecule has 0 aliphatic rings. The van der Waals surface area contributed by atoms with E-state index in [-0.39, 0.29) is 12.4 Å². The number of benzene rings is 1. The van der Waals surface area contributed by atoms with Gasteiger partial charge in [0.1, 0.15) is 5.75 Å². The van der Waals surface area contributed by atoms with Crippen LogP contribution in [-0.4, -0.2) is 16.5 Å². The van der Waals surface area contributed by atoms with E-state index in [1.807, 2.05) is 17.7 Å². The second-order valence-electron chi connectivity index (χ2n) is 2.91. The van der Waals surface area contributed by atoms with Gasteiger partial charge in [-0.25, -0.2) is 0 Å². The second kappa shape index (κ2) is 3.81. The standard InChI is InChI=1S/C10H10O2S2/c1-13-9-6(5-11)4-8(12)10-7(9)2-3-14-10/h2-4,11-12H,5H2,1H3. The van der Waals surface area contributed by atoms with Crippen LogP contribution in [0.15, 0.2) is 22.4 Å². The van der Waals surface area contributed by atoms with Crippen LogP contribution in [0.3, 0.4) is 0 Å². The lowest BCUT2D eigenvalue weighted by Crippen LogP contribution is -1.87. The fraction of sp³-hybridized carbons (Fsp3) is 0.200. The van der Waals surface area contributed by atoms with Gasteiger partial charge in [0.15, 0.2) is 0 Å². The highest BCUT2D eigenvalue weighted by molar-refractivity contribution is 7.98. The van der Waals surface area contributed by atoms with Crippen molar-refractivity contribution in [1.82, 2.24) is 0 Å². The molecule has 0 unspecified atom stereocenters. The maximum absolute atomic E-state index is 9.68. The highest BCUT2D eigenvalue weighted by Gasteiger charge is 2.11. The van der Waals surface area contributed by atoms with E-state index in [9.17, 15) is 5.11 Å². The number of hydrogen-bond acceptors (Lipinski definition) is 4. The summed E-state index contributed by atoms with van der Waals surface area (Å²) in [6, 6.07) is 3.62. The number of fused-ring (bicyclic) bond motifs is 1. The van der Waals surface area contributed by atoms with Gasteiger partial charge in [-0.3, -0.25) is 0 Å². The Balaban J connectivity index is 2.82. The number of phenols is 1. The number of aromatic hydroxyl groups is 1. The lowest BCUT2D eigenvalue weighted by atomic mass is 10.1. The first kappa shape index (κ1) is 9.83. The van der Waals surface area contributed by atoms with Gasteiger partial charge in [-0.2, -0.15) is 0 Å². The Labute approximate surface area is 90.2 Å². The summed E-state index contributed by atoms with van der Waals surface area (Å²) in [4.78, 5) is 1.06. The molecule has 0 spiro atoms. The van der Waals surface area contributed by atoms with E-state index >= 15 is 0 Å².